The molecule has 17 heteroatoms. The second kappa shape index (κ2) is 12.0. The van der Waals surface area contributed by atoms with E-state index in [1.165, 1.54) is 24.3 Å². The van der Waals surface area contributed by atoms with Crippen molar-refractivity contribution in [1.29, 1.82) is 0 Å². The van der Waals surface area contributed by atoms with E-state index in [4.69, 9.17) is 23.4 Å². The minimum atomic E-state index is -2.15. The summed E-state index contributed by atoms with van der Waals surface area (Å²) in [5, 5.41) is 90.3. The van der Waals surface area contributed by atoms with Gasteiger partial charge in [0.1, 0.15) is 64.5 Å². The monoisotopic (exact) mass is 622 g/mol. The molecule has 0 saturated carbocycles. The normalized spacial score (nSPS) is 32.3. The summed E-state index contributed by atoms with van der Waals surface area (Å²) in [7, 11) is 0. The molecule has 0 spiro atoms. The van der Waals surface area contributed by atoms with E-state index in [2.05, 4.69) is 0 Å². The molecule has 3 aromatic rings. The molecule has 17 nitrogen and oxygen atoms in total. The average molecular weight is 622 g/mol. The average Bonchev–Trinajstić information content (AvgIpc) is 2.96. The number of carbonyl (C=O) groups is 2. The lowest BCUT2D eigenvalue weighted by atomic mass is 9.97. The van der Waals surface area contributed by atoms with Crippen LogP contribution in [-0.2, 0) is 23.8 Å². The Morgan fingerprint density at radius 2 is 1.32 bits per heavy atom. The third-order valence-electron chi connectivity index (χ3n) is 7.08. The molecule has 10 atom stereocenters. The van der Waals surface area contributed by atoms with E-state index in [1.807, 2.05) is 0 Å². The number of hydrogen-bond donors (Lipinski definition) is 9. The largest absolute Gasteiger partial charge is 0.508 e. The highest BCUT2D eigenvalue weighted by Gasteiger charge is 2.54. The number of aliphatic carboxylic acids is 2. The van der Waals surface area contributed by atoms with Crippen LogP contribution in [0.1, 0.15) is 0 Å². The molecule has 44 heavy (non-hydrogen) atoms. The van der Waals surface area contributed by atoms with E-state index in [1.54, 1.807) is 0 Å². The van der Waals surface area contributed by atoms with Gasteiger partial charge in [0.15, 0.2) is 30.0 Å². The van der Waals surface area contributed by atoms with Gasteiger partial charge < -0.3 is 69.3 Å². The summed E-state index contributed by atoms with van der Waals surface area (Å²) in [6.07, 6.45) is -20.8. The number of aromatic hydroxyl groups is 2. The van der Waals surface area contributed by atoms with Gasteiger partial charge in [0.25, 0.3) is 0 Å². The minimum Gasteiger partial charge on any atom is -0.508 e. The zero-order chi connectivity index (χ0) is 32.0. The van der Waals surface area contributed by atoms with E-state index in [-0.39, 0.29) is 28.2 Å². The van der Waals surface area contributed by atoms with Crippen molar-refractivity contribution in [3.05, 3.63) is 52.7 Å². The van der Waals surface area contributed by atoms with Gasteiger partial charge in [0.05, 0.1) is 0 Å². The van der Waals surface area contributed by atoms with E-state index in [9.17, 15) is 60.3 Å². The molecule has 3 heterocycles. The van der Waals surface area contributed by atoms with Gasteiger partial charge in [-0.05, 0) is 24.3 Å². The molecule has 2 aliphatic heterocycles. The maximum absolute atomic E-state index is 12.8. The molecule has 0 radical (unpaired) electrons. The fourth-order valence-corrected chi connectivity index (χ4v) is 4.81. The van der Waals surface area contributed by atoms with Crippen molar-refractivity contribution in [2.75, 3.05) is 0 Å². The number of aliphatic hydroxyl groups is 5. The Balaban J connectivity index is 1.50. The first-order valence-corrected chi connectivity index (χ1v) is 12.9. The predicted octanol–water partition coefficient (Wildman–Crippen LogP) is -1.94. The SMILES string of the molecule is O=C(O)[C@H]1O[C@@H](Oc2cc(O)c3c(=O)cc(-c4ccc(O)cc4)oc3c2)[C@H](O[C@H]2O[C@@H](C(=O)O)[C@H](O)[C@@H](O)[C@@H]2O)[C@@H](O)[C@@H]1O. The van der Waals surface area contributed by atoms with Crippen LogP contribution in [0.4, 0.5) is 0 Å². The van der Waals surface area contributed by atoms with Crippen LogP contribution in [0.25, 0.3) is 22.3 Å². The smallest absolute Gasteiger partial charge is 0.335 e. The van der Waals surface area contributed by atoms with Gasteiger partial charge in [-0.1, -0.05) is 0 Å². The zero-order valence-electron chi connectivity index (χ0n) is 22.1. The standard InChI is InChI=1S/C27H26O17/c28-9-3-1-8(2-4-9)13-7-12(30)15-11(29)5-10(6-14(15)41-13)40-27-23(19(34)18(33)22(43-27)25(38)39)44-26-20(35)16(31)17(32)21(42-26)24(36)37/h1-7,16-23,26-29,31-35H,(H,36,37)(H,38,39)/t16-,17-,18+,19+,20+,21-,22+,23-,26-,27-/m1/s1. The van der Waals surface area contributed by atoms with Gasteiger partial charge in [-0.2, -0.15) is 0 Å². The number of phenols is 2. The van der Waals surface area contributed by atoms with Crippen molar-refractivity contribution < 1.29 is 78.9 Å². The van der Waals surface area contributed by atoms with Gasteiger partial charge in [-0.3, -0.25) is 4.79 Å². The Morgan fingerprint density at radius 1 is 0.727 bits per heavy atom. The second-order valence-electron chi connectivity index (χ2n) is 10.0. The summed E-state index contributed by atoms with van der Waals surface area (Å²) in [5.41, 5.74) is -0.488. The van der Waals surface area contributed by atoms with Crippen LogP contribution in [0.3, 0.4) is 0 Å². The molecule has 2 aliphatic rings. The first kappa shape index (κ1) is 31.1. The number of aliphatic hydroxyl groups excluding tert-OH is 5. The van der Waals surface area contributed by atoms with Crippen molar-refractivity contribution in [3.63, 3.8) is 0 Å². The highest BCUT2D eigenvalue weighted by atomic mass is 16.8. The van der Waals surface area contributed by atoms with Gasteiger partial charge in [-0.15, -0.1) is 0 Å². The summed E-state index contributed by atoms with van der Waals surface area (Å²) in [6, 6.07) is 8.76. The van der Waals surface area contributed by atoms with Gasteiger partial charge >= 0.3 is 11.9 Å². The molecular weight excluding hydrogens is 596 g/mol. The van der Waals surface area contributed by atoms with Gasteiger partial charge in [0, 0.05) is 23.8 Å². The van der Waals surface area contributed by atoms with E-state index < -0.39 is 84.5 Å². The molecule has 2 saturated heterocycles. The topological polar surface area (TPSA) is 283 Å². The Kier molecular flexibility index (Phi) is 8.47. The van der Waals surface area contributed by atoms with Gasteiger partial charge in [-0.25, -0.2) is 9.59 Å². The van der Waals surface area contributed by atoms with Crippen LogP contribution in [0, 0.1) is 0 Å². The molecule has 0 unspecified atom stereocenters. The highest BCUT2D eigenvalue weighted by molar-refractivity contribution is 5.86. The minimum absolute atomic E-state index is 0.0378. The van der Waals surface area contributed by atoms with Crippen LogP contribution in [0.5, 0.6) is 17.2 Å². The van der Waals surface area contributed by atoms with Crippen molar-refractivity contribution in [2.24, 2.45) is 0 Å². The number of phenolic OH excluding ortho intramolecular Hbond substituents is 2. The van der Waals surface area contributed by atoms with E-state index in [0.717, 1.165) is 18.2 Å². The molecule has 0 bridgehead atoms. The number of carboxylic acid groups (broad SMARTS) is 2. The fraction of sp³-hybridized carbons (Fsp3) is 0.370. The quantitative estimate of drug-likeness (QED) is 0.138. The van der Waals surface area contributed by atoms with Crippen LogP contribution >= 0.6 is 0 Å². The van der Waals surface area contributed by atoms with Crippen LogP contribution in [0.15, 0.2) is 51.7 Å². The van der Waals surface area contributed by atoms with Gasteiger partial charge in [0.2, 0.25) is 6.29 Å². The third kappa shape index (κ3) is 5.77. The number of benzene rings is 2. The van der Waals surface area contributed by atoms with E-state index in [0.29, 0.717) is 5.56 Å². The third-order valence-corrected chi connectivity index (χ3v) is 7.08. The Hall–Kier alpha value is -4.33. The lowest BCUT2D eigenvalue weighted by Gasteiger charge is -2.44. The van der Waals surface area contributed by atoms with Crippen LogP contribution in [-0.4, -0.2) is 119 Å². The molecule has 2 aromatic carbocycles. The first-order chi connectivity index (χ1) is 20.8. The Labute approximate surface area is 244 Å². The number of hydrogen-bond acceptors (Lipinski definition) is 15. The molecule has 0 aliphatic carbocycles. The molecule has 0 amide bonds. The summed E-state index contributed by atoms with van der Waals surface area (Å²) in [6.45, 7) is 0. The first-order valence-electron chi connectivity index (χ1n) is 12.9. The molecule has 2 fully saturated rings. The molecule has 5 rings (SSSR count). The zero-order valence-corrected chi connectivity index (χ0v) is 22.1. The predicted molar refractivity (Wildman–Crippen MR) is 139 cm³/mol. The summed E-state index contributed by atoms with van der Waals surface area (Å²) < 4.78 is 27.2. The lowest BCUT2D eigenvalue weighted by Crippen LogP contribution is -2.66. The second-order valence-corrected chi connectivity index (χ2v) is 10.0. The lowest BCUT2D eigenvalue weighted by molar-refractivity contribution is -0.350. The number of fused-ring (bicyclic) bond motifs is 1. The number of carboxylic acids is 2. The van der Waals surface area contributed by atoms with Crippen molar-refractivity contribution in [1.82, 2.24) is 0 Å². The highest BCUT2D eigenvalue weighted by Crippen LogP contribution is 2.35. The number of ether oxygens (including phenoxy) is 4. The van der Waals surface area contributed by atoms with Crippen LogP contribution in [0.2, 0.25) is 0 Å². The molecule has 9 N–H and O–H groups in total. The number of rotatable bonds is 7. The van der Waals surface area contributed by atoms with Crippen molar-refractivity contribution >= 4 is 22.9 Å². The summed E-state index contributed by atoms with van der Waals surface area (Å²) in [4.78, 5) is 36.0. The Bertz CT molecular complexity index is 1600. The van der Waals surface area contributed by atoms with Crippen molar-refractivity contribution in [3.8, 4) is 28.6 Å². The summed E-state index contributed by atoms with van der Waals surface area (Å²) >= 11 is 0. The summed E-state index contributed by atoms with van der Waals surface area (Å²) in [5.74, 6) is -4.45. The Morgan fingerprint density at radius 3 is 1.93 bits per heavy atom. The maximum atomic E-state index is 12.8. The van der Waals surface area contributed by atoms with E-state index >= 15 is 0 Å². The van der Waals surface area contributed by atoms with Crippen molar-refractivity contribution in [2.45, 2.75) is 61.4 Å². The molecule has 1 aromatic heterocycles. The fourth-order valence-electron chi connectivity index (χ4n) is 4.81. The maximum Gasteiger partial charge on any atom is 0.335 e. The molecular formula is C27H26O17. The van der Waals surface area contributed by atoms with Crippen LogP contribution < -0.4 is 10.2 Å². The molecule has 236 valence electrons.